The third-order valence-corrected chi connectivity index (χ3v) is 3.66. The van der Waals surface area contributed by atoms with Crippen LogP contribution in [-0.4, -0.2) is 14.2 Å². The molecule has 1 unspecified atom stereocenters. The van der Waals surface area contributed by atoms with Gasteiger partial charge < -0.3 is 9.47 Å². The predicted octanol–water partition coefficient (Wildman–Crippen LogP) is 2.76. The molecule has 0 aliphatic carbocycles. The van der Waals surface area contributed by atoms with E-state index in [4.69, 9.17) is 15.3 Å². The molecule has 0 aromatic heterocycles. The Bertz CT molecular complexity index is 577. The molecule has 0 saturated carbocycles. The first-order valence-electron chi connectivity index (χ1n) is 6.91. The van der Waals surface area contributed by atoms with Crippen molar-refractivity contribution in [1.82, 2.24) is 5.43 Å². The number of hydrazine groups is 1. The highest BCUT2D eigenvalue weighted by atomic mass is 16.5. The molecular weight excluding hydrogens is 264 g/mol. The molecule has 0 aliphatic rings. The molecule has 2 aromatic rings. The van der Waals surface area contributed by atoms with Gasteiger partial charge in [-0.25, -0.2) is 0 Å². The van der Waals surface area contributed by atoms with Gasteiger partial charge in [0.1, 0.15) is 11.5 Å². The Morgan fingerprint density at radius 3 is 2.19 bits per heavy atom. The lowest BCUT2D eigenvalue weighted by Crippen LogP contribution is -2.29. The first-order chi connectivity index (χ1) is 10.2. The third kappa shape index (κ3) is 3.74. The van der Waals surface area contributed by atoms with Gasteiger partial charge in [0.05, 0.1) is 20.3 Å². The molecule has 0 radical (unpaired) electrons. The van der Waals surface area contributed by atoms with E-state index in [0.717, 1.165) is 23.5 Å². The lowest BCUT2D eigenvalue weighted by Gasteiger charge is -2.19. The number of nitrogens with one attached hydrogen (secondary N) is 1. The molecule has 3 N–H and O–H groups in total. The van der Waals surface area contributed by atoms with E-state index in [1.54, 1.807) is 14.2 Å². The molecule has 0 fully saturated rings. The average Bonchev–Trinajstić information content (AvgIpc) is 2.53. The maximum atomic E-state index is 5.75. The molecule has 1 atom stereocenters. The van der Waals surface area contributed by atoms with Crippen LogP contribution in [-0.2, 0) is 6.42 Å². The minimum absolute atomic E-state index is 0.00454. The van der Waals surface area contributed by atoms with Crippen LogP contribution in [0.2, 0.25) is 0 Å². The predicted molar refractivity (Wildman–Crippen MR) is 84.5 cm³/mol. The van der Waals surface area contributed by atoms with Crippen LogP contribution in [0, 0.1) is 6.92 Å². The second-order valence-electron chi connectivity index (χ2n) is 5.00. The fourth-order valence-corrected chi connectivity index (χ4v) is 2.36. The van der Waals surface area contributed by atoms with Gasteiger partial charge in [0.15, 0.2) is 0 Å². The van der Waals surface area contributed by atoms with Gasteiger partial charge in [-0.15, -0.1) is 0 Å². The number of benzene rings is 2. The van der Waals surface area contributed by atoms with E-state index >= 15 is 0 Å². The molecule has 4 nitrogen and oxygen atoms in total. The lowest BCUT2D eigenvalue weighted by molar-refractivity contribution is 0.391. The Labute approximate surface area is 125 Å². The largest absolute Gasteiger partial charge is 0.497 e. The summed E-state index contributed by atoms with van der Waals surface area (Å²) in [7, 11) is 3.29. The Kier molecular flexibility index (Phi) is 5.20. The lowest BCUT2D eigenvalue weighted by atomic mass is 9.96. The smallest absolute Gasteiger partial charge is 0.122 e. The van der Waals surface area contributed by atoms with Gasteiger partial charge >= 0.3 is 0 Å². The van der Waals surface area contributed by atoms with Crippen LogP contribution in [0.3, 0.4) is 0 Å². The van der Waals surface area contributed by atoms with Crippen molar-refractivity contribution < 1.29 is 9.47 Å². The van der Waals surface area contributed by atoms with E-state index in [1.165, 1.54) is 11.1 Å². The zero-order chi connectivity index (χ0) is 15.2. The second kappa shape index (κ2) is 7.11. The van der Waals surface area contributed by atoms with Crippen molar-refractivity contribution in [3.05, 3.63) is 59.2 Å². The number of rotatable bonds is 6. The van der Waals surface area contributed by atoms with Gasteiger partial charge in [-0.2, -0.15) is 0 Å². The van der Waals surface area contributed by atoms with Gasteiger partial charge in [0, 0.05) is 6.07 Å². The summed E-state index contributed by atoms with van der Waals surface area (Å²) in [5.41, 5.74) is 6.45. The monoisotopic (exact) mass is 286 g/mol. The van der Waals surface area contributed by atoms with Crippen molar-refractivity contribution >= 4 is 0 Å². The van der Waals surface area contributed by atoms with Gasteiger partial charge in [0.25, 0.3) is 0 Å². The number of ether oxygens (including phenoxy) is 2. The highest BCUT2D eigenvalue weighted by molar-refractivity contribution is 5.40. The van der Waals surface area contributed by atoms with Crippen molar-refractivity contribution in [2.24, 2.45) is 5.84 Å². The topological polar surface area (TPSA) is 56.5 Å². The van der Waals surface area contributed by atoms with Gasteiger partial charge in [-0.3, -0.25) is 11.3 Å². The van der Waals surface area contributed by atoms with E-state index in [0.29, 0.717) is 0 Å². The number of methoxy groups -OCH3 is 2. The number of nitrogens with two attached hydrogens (primary N) is 1. The highest BCUT2D eigenvalue weighted by Crippen LogP contribution is 2.28. The van der Waals surface area contributed by atoms with E-state index in [-0.39, 0.29) is 6.04 Å². The Hall–Kier alpha value is -2.04. The van der Waals surface area contributed by atoms with Crippen molar-refractivity contribution in [3.63, 3.8) is 0 Å². The Balaban J connectivity index is 2.31. The van der Waals surface area contributed by atoms with Crippen LogP contribution in [0.4, 0.5) is 0 Å². The van der Waals surface area contributed by atoms with E-state index in [9.17, 15) is 0 Å². The van der Waals surface area contributed by atoms with Gasteiger partial charge in [-0.1, -0.05) is 24.3 Å². The van der Waals surface area contributed by atoms with Crippen molar-refractivity contribution in [1.29, 1.82) is 0 Å². The molecule has 0 aliphatic heterocycles. The molecule has 0 amide bonds. The minimum Gasteiger partial charge on any atom is -0.497 e. The summed E-state index contributed by atoms with van der Waals surface area (Å²) in [6.07, 6.45) is 0.805. The molecular formula is C17H22N2O2. The maximum Gasteiger partial charge on any atom is 0.122 e. The summed E-state index contributed by atoms with van der Waals surface area (Å²) < 4.78 is 10.6. The fraction of sp³-hybridized carbons (Fsp3) is 0.294. The molecule has 0 spiro atoms. The van der Waals surface area contributed by atoms with E-state index in [2.05, 4.69) is 24.5 Å². The molecule has 2 rings (SSSR count). The number of hydrogen-bond acceptors (Lipinski definition) is 4. The first kappa shape index (κ1) is 15.4. The summed E-state index contributed by atoms with van der Waals surface area (Å²) in [5, 5.41) is 0. The van der Waals surface area contributed by atoms with Crippen molar-refractivity contribution in [2.75, 3.05) is 14.2 Å². The molecule has 21 heavy (non-hydrogen) atoms. The van der Waals surface area contributed by atoms with Crippen LogP contribution in [0.5, 0.6) is 11.5 Å². The molecule has 0 saturated heterocycles. The Morgan fingerprint density at radius 1 is 1.05 bits per heavy atom. The molecule has 4 heteroatoms. The van der Waals surface area contributed by atoms with Gasteiger partial charge in [-0.05, 0) is 42.2 Å². The van der Waals surface area contributed by atoms with Crippen LogP contribution >= 0.6 is 0 Å². The SMILES string of the molecule is COc1cc(OC)cc(C(Cc2ccccc2C)NN)c1. The average molecular weight is 286 g/mol. The molecule has 0 bridgehead atoms. The second-order valence-corrected chi connectivity index (χ2v) is 5.00. The molecule has 112 valence electrons. The standard InChI is InChI=1S/C17H22N2O2/c1-12-6-4-5-7-13(12)10-17(19-18)14-8-15(20-2)11-16(9-14)21-3/h4-9,11,17,19H,10,18H2,1-3H3. The van der Waals surface area contributed by atoms with Crippen molar-refractivity contribution in [3.8, 4) is 11.5 Å². The van der Waals surface area contributed by atoms with Crippen LogP contribution in [0.1, 0.15) is 22.7 Å². The van der Waals surface area contributed by atoms with Crippen molar-refractivity contribution in [2.45, 2.75) is 19.4 Å². The summed E-state index contributed by atoms with van der Waals surface area (Å²) in [5.74, 6) is 7.27. The normalized spacial score (nSPS) is 12.0. The number of aryl methyl sites for hydroxylation is 1. The molecule has 2 aromatic carbocycles. The summed E-state index contributed by atoms with van der Waals surface area (Å²) in [6, 6.07) is 14.1. The van der Waals surface area contributed by atoms with Crippen LogP contribution in [0.15, 0.2) is 42.5 Å². The quantitative estimate of drug-likeness (QED) is 0.633. The molecule has 0 heterocycles. The number of hydrogen-bond donors (Lipinski definition) is 2. The maximum absolute atomic E-state index is 5.75. The zero-order valence-electron chi connectivity index (χ0n) is 12.7. The van der Waals surface area contributed by atoms with Crippen LogP contribution < -0.4 is 20.7 Å². The van der Waals surface area contributed by atoms with E-state index < -0.39 is 0 Å². The van der Waals surface area contributed by atoms with E-state index in [1.807, 2.05) is 30.3 Å². The minimum atomic E-state index is -0.00454. The first-order valence-corrected chi connectivity index (χ1v) is 6.91. The third-order valence-electron chi connectivity index (χ3n) is 3.66. The van der Waals surface area contributed by atoms with Gasteiger partial charge in [0.2, 0.25) is 0 Å². The summed E-state index contributed by atoms with van der Waals surface area (Å²) >= 11 is 0. The Morgan fingerprint density at radius 2 is 1.67 bits per heavy atom. The fourth-order valence-electron chi connectivity index (χ4n) is 2.36. The van der Waals surface area contributed by atoms with Crippen LogP contribution in [0.25, 0.3) is 0 Å². The highest BCUT2D eigenvalue weighted by Gasteiger charge is 2.14. The summed E-state index contributed by atoms with van der Waals surface area (Å²) in [4.78, 5) is 0. The zero-order valence-corrected chi connectivity index (χ0v) is 12.7. The summed E-state index contributed by atoms with van der Waals surface area (Å²) in [6.45, 7) is 2.11.